The number of carbonyl (C=O) groups is 1. The summed E-state index contributed by atoms with van der Waals surface area (Å²) in [5.74, 6) is -1.48. The molecule has 0 spiro atoms. The quantitative estimate of drug-likeness (QED) is 0.870. The molecule has 2 rings (SSSR count). The average Bonchev–Trinajstić information content (AvgIpc) is 2.41. The van der Waals surface area contributed by atoms with Crippen LogP contribution in [-0.4, -0.2) is 26.0 Å². The van der Waals surface area contributed by atoms with Gasteiger partial charge in [-0.3, -0.25) is 0 Å². The third-order valence-corrected chi connectivity index (χ3v) is 2.47. The summed E-state index contributed by atoms with van der Waals surface area (Å²) in [7, 11) is 0. The normalized spacial score (nSPS) is 10.2. The summed E-state index contributed by atoms with van der Waals surface area (Å²) >= 11 is 0. The van der Waals surface area contributed by atoms with E-state index in [0.717, 1.165) is 5.56 Å². The van der Waals surface area contributed by atoms with Gasteiger partial charge in [0.15, 0.2) is 11.6 Å². The van der Waals surface area contributed by atoms with Crippen molar-refractivity contribution in [1.82, 2.24) is 15.0 Å². The second-order valence-corrected chi connectivity index (χ2v) is 3.83. The minimum Gasteiger partial charge on any atom is -0.477 e. The summed E-state index contributed by atoms with van der Waals surface area (Å²) in [5.41, 5.74) is 0.949. The van der Waals surface area contributed by atoms with Crippen LogP contribution in [0, 0.1) is 12.7 Å². The molecule has 0 amide bonds. The van der Waals surface area contributed by atoms with Crippen molar-refractivity contribution >= 4 is 11.8 Å². The molecular formula is C12H11FN4O2. The van der Waals surface area contributed by atoms with Gasteiger partial charge in [-0.15, -0.1) is 0 Å². The first-order chi connectivity index (χ1) is 9.08. The molecule has 2 aromatic heterocycles. The Labute approximate surface area is 108 Å². The van der Waals surface area contributed by atoms with Crippen LogP contribution in [0.25, 0.3) is 0 Å². The molecule has 6 nitrogen and oxygen atoms in total. The lowest BCUT2D eigenvalue weighted by Crippen LogP contribution is -2.07. The van der Waals surface area contributed by atoms with Gasteiger partial charge in [0.05, 0.1) is 5.69 Å². The zero-order valence-electron chi connectivity index (χ0n) is 10.1. The van der Waals surface area contributed by atoms with E-state index in [0.29, 0.717) is 6.54 Å². The van der Waals surface area contributed by atoms with Crippen molar-refractivity contribution in [2.45, 2.75) is 13.5 Å². The molecule has 19 heavy (non-hydrogen) atoms. The number of rotatable bonds is 4. The number of aryl methyl sites for hydroxylation is 1. The zero-order chi connectivity index (χ0) is 13.8. The van der Waals surface area contributed by atoms with Crippen molar-refractivity contribution in [2.75, 3.05) is 5.32 Å². The van der Waals surface area contributed by atoms with Crippen molar-refractivity contribution in [2.24, 2.45) is 0 Å². The molecule has 0 unspecified atom stereocenters. The van der Waals surface area contributed by atoms with Gasteiger partial charge in [-0.25, -0.2) is 24.1 Å². The fourth-order valence-electron chi connectivity index (χ4n) is 1.42. The predicted octanol–water partition coefficient (Wildman–Crippen LogP) is 1.63. The number of carboxylic acids is 1. The van der Waals surface area contributed by atoms with Gasteiger partial charge in [-0.1, -0.05) is 6.07 Å². The second kappa shape index (κ2) is 5.38. The number of aromatic carboxylic acids is 1. The van der Waals surface area contributed by atoms with Crippen molar-refractivity contribution in [3.63, 3.8) is 0 Å². The highest BCUT2D eigenvalue weighted by molar-refractivity contribution is 5.85. The Bertz CT molecular complexity index is 601. The first-order valence-corrected chi connectivity index (χ1v) is 5.47. The van der Waals surface area contributed by atoms with Crippen LogP contribution in [0.3, 0.4) is 0 Å². The summed E-state index contributed by atoms with van der Waals surface area (Å²) in [5, 5.41) is 11.5. The number of aromatic nitrogens is 3. The minimum absolute atomic E-state index is 0.0344. The highest BCUT2D eigenvalue weighted by atomic mass is 19.1. The topological polar surface area (TPSA) is 88.0 Å². The molecule has 0 fully saturated rings. The van der Waals surface area contributed by atoms with Crippen molar-refractivity contribution in [3.8, 4) is 0 Å². The Morgan fingerprint density at radius 1 is 1.37 bits per heavy atom. The Balaban J connectivity index is 2.06. The van der Waals surface area contributed by atoms with Crippen LogP contribution in [0.15, 0.2) is 24.7 Å². The monoisotopic (exact) mass is 262 g/mol. The molecule has 0 aliphatic carbocycles. The van der Waals surface area contributed by atoms with E-state index in [1.54, 1.807) is 13.0 Å². The van der Waals surface area contributed by atoms with Crippen LogP contribution in [-0.2, 0) is 6.54 Å². The van der Waals surface area contributed by atoms with Crippen LogP contribution in [0.5, 0.6) is 0 Å². The van der Waals surface area contributed by atoms with E-state index in [2.05, 4.69) is 20.3 Å². The fraction of sp³-hybridized carbons (Fsp3) is 0.167. The summed E-state index contributed by atoms with van der Waals surface area (Å²) in [6, 6.07) is 3.00. The smallest absolute Gasteiger partial charge is 0.354 e. The van der Waals surface area contributed by atoms with Crippen molar-refractivity contribution in [3.05, 3.63) is 47.4 Å². The van der Waals surface area contributed by atoms with Gasteiger partial charge in [0.2, 0.25) is 0 Å². The van der Waals surface area contributed by atoms with Gasteiger partial charge >= 0.3 is 5.97 Å². The van der Waals surface area contributed by atoms with Gasteiger partial charge in [0, 0.05) is 12.7 Å². The van der Waals surface area contributed by atoms with E-state index in [-0.39, 0.29) is 17.2 Å². The van der Waals surface area contributed by atoms with Crippen LogP contribution in [0.1, 0.15) is 21.7 Å². The molecular weight excluding hydrogens is 251 g/mol. The minimum atomic E-state index is -1.09. The number of nitrogens with one attached hydrogen (secondary N) is 1. The third-order valence-electron chi connectivity index (χ3n) is 2.47. The molecule has 2 aromatic rings. The van der Waals surface area contributed by atoms with E-state index in [9.17, 15) is 9.18 Å². The molecule has 0 radical (unpaired) electrons. The maximum Gasteiger partial charge on any atom is 0.354 e. The van der Waals surface area contributed by atoms with Crippen LogP contribution >= 0.6 is 0 Å². The van der Waals surface area contributed by atoms with Crippen molar-refractivity contribution in [1.29, 1.82) is 0 Å². The summed E-state index contributed by atoms with van der Waals surface area (Å²) in [6.07, 6.45) is 2.69. The number of pyridine rings is 1. The molecule has 2 heterocycles. The molecule has 7 heteroatoms. The molecule has 0 aromatic carbocycles. The molecule has 0 saturated carbocycles. The number of hydrogen-bond acceptors (Lipinski definition) is 5. The van der Waals surface area contributed by atoms with Gasteiger partial charge in [-0.05, 0) is 18.6 Å². The number of halogens is 1. The molecule has 0 bridgehead atoms. The van der Waals surface area contributed by atoms with Gasteiger partial charge < -0.3 is 10.4 Å². The van der Waals surface area contributed by atoms with E-state index in [4.69, 9.17) is 5.11 Å². The third kappa shape index (κ3) is 3.01. The van der Waals surface area contributed by atoms with Crippen LogP contribution in [0.4, 0.5) is 10.2 Å². The molecule has 0 atom stereocenters. The maximum absolute atomic E-state index is 13.6. The van der Waals surface area contributed by atoms with E-state index in [1.165, 1.54) is 18.6 Å². The van der Waals surface area contributed by atoms with Crippen LogP contribution in [0.2, 0.25) is 0 Å². The molecule has 98 valence electrons. The number of hydrogen-bond donors (Lipinski definition) is 2. The Morgan fingerprint density at radius 2 is 2.16 bits per heavy atom. The van der Waals surface area contributed by atoms with E-state index >= 15 is 0 Å². The zero-order valence-corrected chi connectivity index (χ0v) is 10.1. The summed E-state index contributed by atoms with van der Waals surface area (Å²) in [4.78, 5) is 21.9. The lowest BCUT2D eigenvalue weighted by molar-refractivity contribution is 0.0690. The lowest BCUT2D eigenvalue weighted by Gasteiger charge is -2.07. The summed E-state index contributed by atoms with van der Waals surface area (Å²) < 4.78 is 13.6. The maximum atomic E-state index is 13.6. The summed E-state index contributed by atoms with van der Waals surface area (Å²) in [6.45, 7) is 1.84. The number of carboxylic acid groups (broad SMARTS) is 1. The standard InChI is InChI=1S/C12H11FN4O2/c1-7-10(13)11(17-6-16-7)15-5-8-2-3-9(12(18)19)14-4-8/h2-4,6H,5H2,1H3,(H,18,19)(H,15,16,17). The predicted molar refractivity (Wildman–Crippen MR) is 65.3 cm³/mol. The average molecular weight is 262 g/mol. The van der Waals surface area contributed by atoms with Gasteiger partial charge in [-0.2, -0.15) is 0 Å². The first-order valence-electron chi connectivity index (χ1n) is 5.47. The van der Waals surface area contributed by atoms with E-state index < -0.39 is 11.8 Å². The second-order valence-electron chi connectivity index (χ2n) is 3.83. The van der Waals surface area contributed by atoms with Crippen LogP contribution < -0.4 is 5.32 Å². The molecule has 0 aliphatic heterocycles. The molecule has 2 N–H and O–H groups in total. The highest BCUT2D eigenvalue weighted by Gasteiger charge is 2.08. The Morgan fingerprint density at radius 3 is 2.79 bits per heavy atom. The number of nitrogens with zero attached hydrogens (tertiary/aromatic N) is 3. The largest absolute Gasteiger partial charge is 0.477 e. The molecule has 0 saturated heterocycles. The van der Waals surface area contributed by atoms with Gasteiger partial charge in [0.1, 0.15) is 12.0 Å². The Kier molecular flexibility index (Phi) is 3.65. The fourth-order valence-corrected chi connectivity index (χ4v) is 1.42. The number of anilines is 1. The first kappa shape index (κ1) is 12.9. The van der Waals surface area contributed by atoms with E-state index in [1.807, 2.05) is 0 Å². The SMILES string of the molecule is Cc1ncnc(NCc2ccc(C(=O)O)nc2)c1F. The lowest BCUT2D eigenvalue weighted by atomic mass is 10.2. The molecule has 0 aliphatic rings. The highest BCUT2D eigenvalue weighted by Crippen LogP contribution is 2.12. The van der Waals surface area contributed by atoms with Crippen molar-refractivity contribution < 1.29 is 14.3 Å². The Hall–Kier alpha value is -2.57. The van der Waals surface area contributed by atoms with Gasteiger partial charge in [0.25, 0.3) is 0 Å².